The van der Waals surface area contributed by atoms with Gasteiger partial charge >= 0.3 is 0 Å². The van der Waals surface area contributed by atoms with Crippen LogP contribution in [0, 0.1) is 13.8 Å². The van der Waals surface area contributed by atoms with E-state index in [1.54, 1.807) is 0 Å². The first-order valence-corrected chi connectivity index (χ1v) is 5.57. The van der Waals surface area contributed by atoms with Crippen LogP contribution in [0.5, 0.6) is 5.88 Å². The highest BCUT2D eigenvalue weighted by molar-refractivity contribution is 5.23. The average Bonchev–Trinajstić information content (AvgIpc) is 2.17. The number of nitrogens with zero attached hydrogens (tertiary/aromatic N) is 1. The Labute approximate surface area is 90.9 Å². The van der Waals surface area contributed by atoms with Gasteiger partial charge in [-0.1, -0.05) is 0 Å². The molecule has 0 aromatic carbocycles. The average molecular weight is 206 g/mol. The van der Waals surface area contributed by atoms with Gasteiger partial charge in [-0.3, -0.25) is 0 Å². The second kappa shape index (κ2) is 4.62. The molecule has 3 heteroatoms. The van der Waals surface area contributed by atoms with Crippen molar-refractivity contribution in [2.75, 3.05) is 13.1 Å². The largest absolute Gasteiger partial charge is 0.474 e. The number of hydrogen-bond donors (Lipinski definition) is 1. The molecule has 1 aromatic rings. The number of aromatic nitrogens is 1. The van der Waals surface area contributed by atoms with Gasteiger partial charge in [0.15, 0.2) is 0 Å². The van der Waals surface area contributed by atoms with Gasteiger partial charge in [0.1, 0.15) is 6.10 Å². The lowest BCUT2D eigenvalue weighted by molar-refractivity contribution is 0.155. The number of rotatable bonds is 2. The van der Waals surface area contributed by atoms with Gasteiger partial charge < -0.3 is 10.1 Å². The third kappa shape index (κ3) is 2.93. The van der Waals surface area contributed by atoms with E-state index in [2.05, 4.69) is 23.3 Å². The van der Waals surface area contributed by atoms with E-state index in [0.29, 0.717) is 6.10 Å². The van der Waals surface area contributed by atoms with Crippen molar-refractivity contribution >= 4 is 0 Å². The number of nitrogens with one attached hydrogen (secondary N) is 1. The molecule has 0 spiro atoms. The molecule has 2 rings (SSSR count). The Kier molecular flexibility index (Phi) is 3.21. The summed E-state index contributed by atoms with van der Waals surface area (Å²) in [6.07, 6.45) is 2.49. The van der Waals surface area contributed by atoms with E-state index in [-0.39, 0.29) is 0 Å². The maximum atomic E-state index is 5.87. The van der Waals surface area contributed by atoms with Crippen molar-refractivity contribution in [1.82, 2.24) is 10.3 Å². The van der Waals surface area contributed by atoms with Crippen LogP contribution < -0.4 is 10.1 Å². The second-order valence-electron chi connectivity index (χ2n) is 4.19. The van der Waals surface area contributed by atoms with Crippen LogP contribution >= 0.6 is 0 Å². The fourth-order valence-corrected chi connectivity index (χ4v) is 1.95. The monoisotopic (exact) mass is 206 g/mol. The van der Waals surface area contributed by atoms with E-state index in [0.717, 1.165) is 37.5 Å². The zero-order valence-electron chi connectivity index (χ0n) is 9.42. The number of pyridine rings is 1. The van der Waals surface area contributed by atoms with Crippen LogP contribution in [0.1, 0.15) is 24.1 Å². The van der Waals surface area contributed by atoms with Crippen molar-refractivity contribution in [1.29, 1.82) is 0 Å². The van der Waals surface area contributed by atoms with Crippen molar-refractivity contribution in [3.63, 3.8) is 0 Å². The smallest absolute Gasteiger partial charge is 0.213 e. The van der Waals surface area contributed by atoms with Gasteiger partial charge in [-0.15, -0.1) is 0 Å². The molecule has 0 aliphatic carbocycles. The van der Waals surface area contributed by atoms with E-state index in [9.17, 15) is 0 Å². The van der Waals surface area contributed by atoms with Gasteiger partial charge in [-0.25, -0.2) is 4.98 Å². The highest BCUT2D eigenvalue weighted by atomic mass is 16.5. The van der Waals surface area contributed by atoms with Gasteiger partial charge in [0.2, 0.25) is 5.88 Å². The molecule has 1 aliphatic heterocycles. The molecule has 3 nitrogen and oxygen atoms in total. The molecular weight excluding hydrogens is 188 g/mol. The Hall–Kier alpha value is -1.09. The Morgan fingerprint density at radius 1 is 1.27 bits per heavy atom. The summed E-state index contributed by atoms with van der Waals surface area (Å²) in [6, 6.07) is 4.07. The predicted molar refractivity (Wildman–Crippen MR) is 60.2 cm³/mol. The summed E-state index contributed by atoms with van der Waals surface area (Å²) in [6.45, 7) is 6.18. The molecule has 1 aromatic heterocycles. The normalized spacial score (nSPS) is 17.7. The summed E-state index contributed by atoms with van der Waals surface area (Å²) in [7, 11) is 0. The van der Waals surface area contributed by atoms with Crippen LogP contribution in [-0.2, 0) is 0 Å². The minimum absolute atomic E-state index is 0.333. The Morgan fingerprint density at radius 2 is 2.00 bits per heavy atom. The van der Waals surface area contributed by atoms with E-state index in [1.165, 1.54) is 5.56 Å². The lowest BCUT2D eigenvalue weighted by Crippen LogP contribution is -2.34. The van der Waals surface area contributed by atoms with Crippen molar-refractivity contribution in [2.45, 2.75) is 32.8 Å². The summed E-state index contributed by atoms with van der Waals surface area (Å²) in [5.74, 6) is 0.777. The number of hydrogen-bond acceptors (Lipinski definition) is 3. The first-order valence-electron chi connectivity index (χ1n) is 5.57. The lowest BCUT2D eigenvalue weighted by Gasteiger charge is -2.23. The van der Waals surface area contributed by atoms with E-state index in [1.807, 2.05) is 13.0 Å². The lowest BCUT2D eigenvalue weighted by atomic mass is 10.1. The topological polar surface area (TPSA) is 34.1 Å². The Balaban J connectivity index is 2.02. The van der Waals surface area contributed by atoms with Crippen LogP contribution in [0.2, 0.25) is 0 Å². The van der Waals surface area contributed by atoms with Crippen LogP contribution in [-0.4, -0.2) is 24.2 Å². The molecule has 0 saturated carbocycles. The van der Waals surface area contributed by atoms with E-state index in [4.69, 9.17) is 4.74 Å². The van der Waals surface area contributed by atoms with Gasteiger partial charge in [0.25, 0.3) is 0 Å². The van der Waals surface area contributed by atoms with Crippen LogP contribution in [0.3, 0.4) is 0 Å². The minimum Gasteiger partial charge on any atom is -0.474 e. The zero-order chi connectivity index (χ0) is 10.7. The molecule has 1 N–H and O–H groups in total. The summed E-state index contributed by atoms with van der Waals surface area (Å²) >= 11 is 0. The van der Waals surface area contributed by atoms with Gasteiger partial charge in [0, 0.05) is 11.8 Å². The quantitative estimate of drug-likeness (QED) is 0.801. The molecule has 82 valence electrons. The maximum absolute atomic E-state index is 5.87. The van der Waals surface area contributed by atoms with Crippen LogP contribution in [0.25, 0.3) is 0 Å². The van der Waals surface area contributed by atoms with Crippen LogP contribution in [0.4, 0.5) is 0 Å². The summed E-state index contributed by atoms with van der Waals surface area (Å²) in [4.78, 5) is 4.39. The van der Waals surface area contributed by atoms with Crippen LogP contribution in [0.15, 0.2) is 12.1 Å². The first-order chi connectivity index (χ1) is 7.24. The van der Waals surface area contributed by atoms with Gasteiger partial charge in [-0.05, 0) is 51.4 Å². The standard InChI is InChI=1S/C12H18N2O/c1-9-7-10(2)14-12(8-9)15-11-3-5-13-6-4-11/h7-8,11,13H,3-6H2,1-2H3. The zero-order valence-corrected chi connectivity index (χ0v) is 9.42. The summed E-state index contributed by atoms with van der Waals surface area (Å²) in [5.41, 5.74) is 2.24. The molecule has 1 saturated heterocycles. The predicted octanol–water partition coefficient (Wildman–Crippen LogP) is 1.83. The molecule has 15 heavy (non-hydrogen) atoms. The van der Waals surface area contributed by atoms with E-state index >= 15 is 0 Å². The molecular formula is C12H18N2O. The maximum Gasteiger partial charge on any atom is 0.213 e. The minimum atomic E-state index is 0.333. The molecule has 0 unspecified atom stereocenters. The summed E-state index contributed by atoms with van der Waals surface area (Å²) < 4.78 is 5.87. The third-order valence-corrected chi connectivity index (χ3v) is 2.65. The molecule has 0 radical (unpaired) electrons. The Morgan fingerprint density at radius 3 is 2.67 bits per heavy atom. The number of aryl methyl sites for hydroxylation is 2. The molecule has 2 heterocycles. The number of ether oxygens (including phenoxy) is 1. The third-order valence-electron chi connectivity index (χ3n) is 2.65. The fraction of sp³-hybridized carbons (Fsp3) is 0.583. The van der Waals surface area contributed by atoms with Crippen molar-refractivity contribution < 1.29 is 4.74 Å². The molecule has 0 atom stereocenters. The van der Waals surface area contributed by atoms with Gasteiger partial charge in [-0.2, -0.15) is 0 Å². The summed E-state index contributed by atoms with van der Waals surface area (Å²) in [5, 5.41) is 3.32. The van der Waals surface area contributed by atoms with Gasteiger partial charge in [0.05, 0.1) is 0 Å². The molecule has 1 fully saturated rings. The molecule has 1 aliphatic rings. The SMILES string of the molecule is Cc1cc(C)nc(OC2CCNCC2)c1. The Bertz CT molecular complexity index is 312. The number of piperidine rings is 1. The first kappa shape index (κ1) is 10.4. The van der Waals surface area contributed by atoms with Crippen molar-refractivity contribution in [2.24, 2.45) is 0 Å². The van der Waals surface area contributed by atoms with E-state index < -0.39 is 0 Å². The second-order valence-corrected chi connectivity index (χ2v) is 4.19. The van der Waals surface area contributed by atoms with Crippen molar-refractivity contribution in [3.05, 3.63) is 23.4 Å². The fourth-order valence-electron chi connectivity index (χ4n) is 1.95. The highest BCUT2D eigenvalue weighted by Gasteiger charge is 2.14. The van der Waals surface area contributed by atoms with Crippen molar-refractivity contribution in [3.8, 4) is 5.88 Å². The highest BCUT2D eigenvalue weighted by Crippen LogP contribution is 2.16. The molecule has 0 amide bonds. The molecule has 0 bridgehead atoms.